The van der Waals surface area contributed by atoms with Crippen molar-refractivity contribution in [2.45, 2.75) is 24.4 Å². The number of H-pyrrole nitrogens is 1. The molecule has 2 heterocycles. The van der Waals surface area contributed by atoms with Crippen LogP contribution in [0.15, 0.2) is 21.9 Å². The Kier molecular flexibility index (Phi) is 4.10. The zero-order valence-corrected chi connectivity index (χ0v) is 11.8. The first-order valence-corrected chi connectivity index (χ1v) is 6.52. The van der Waals surface area contributed by atoms with Crippen LogP contribution in [0.2, 0.25) is 0 Å². The first kappa shape index (κ1) is 14.3. The molecule has 3 N–H and O–H groups in total. The molecule has 0 radical (unpaired) electrons. The number of aromatic amines is 1. The molecular weight excluding hydrogens is 367 g/mol. The Morgan fingerprint density at radius 3 is 2.89 bits per heavy atom. The van der Waals surface area contributed by atoms with Gasteiger partial charge in [0.05, 0.1) is 12.7 Å². The lowest BCUT2D eigenvalue weighted by atomic mass is 10.1. The molecule has 0 bridgehead atoms. The summed E-state index contributed by atoms with van der Waals surface area (Å²) < 4.78 is 9.24. The molecule has 0 aliphatic carbocycles. The van der Waals surface area contributed by atoms with Crippen LogP contribution in [0, 0.1) is 9.85 Å². The number of nitrogens with zero attached hydrogens (tertiary/aromatic N) is 1. The summed E-state index contributed by atoms with van der Waals surface area (Å²) in [6.07, 6.45) is -0.480. The third-order valence-electron chi connectivity index (χ3n) is 2.90. The van der Waals surface area contributed by atoms with E-state index in [4.69, 9.17) is 9.84 Å². The Bertz CT molecular complexity index is 643. The molecule has 2 rings (SSSR count). The van der Waals surface area contributed by atoms with Crippen molar-refractivity contribution in [2.75, 3.05) is 6.61 Å². The van der Waals surface area contributed by atoms with E-state index in [9.17, 15) is 14.7 Å². The molecule has 1 saturated heterocycles. The fourth-order valence-corrected chi connectivity index (χ4v) is 2.44. The van der Waals surface area contributed by atoms with Gasteiger partial charge in [-0.25, -0.2) is 4.79 Å². The highest BCUT2D eigenvalue weighted by molar-refractivity contribution is 14.1. The van der Waals surface area contributed by atoms with Gasteiger partial charge >= 0.3 is 5.69 Å². The van der Waals surface area contributed by atoms with Crippen LogP contribution in [-0.4, -0.2) is 38.6 Å². The number of rotatable bonds is 2. The molecule has 1 aromatic rings. The molecule has 102 valence electrons. The molecule has 0 unspecified atom stereocenters. The minimum absolute atomic E-state index is 0.0280. The van der Waals surface area contributed by atoms with Crippen LogP contribution >= 0.6 is 22.6 Å². The second-order valence-corrected chi connectivity index (χ2v) is 4.63. The number of aliphatic hydroxyl groups is 2. The molecule has 0 aromatic carbocycles. The lowest BCUT2D eigenvalue weighted by Gasteiger charge is -2.24. The standard InChI is InChI=1S/C11H11IN2O5/c12-3-2-11(5-7(16)8(6-15)19-11)14-4-1-9(17)13-10(14)18/h1,4,7-8,15-16H,5-6H2,(H,13,17,18)/t7-,8+,11+/m0/s1. The van der Waals surface area contributed by atoms with E-state index in [0.29, 0.717) is 0 Å². The maximum Gasteiger partial charge on any atom is 0.331 e. The van der Waals surface area contributed by atoms with Crippen molar-refractivity contribution < 1.29 is 14.9 Å². The van der Waals surface area contributed by atoms with Gasteiger partial charge in [-0.3, -0.25) is 14.3 Å². The van der Waals surface area contributed by atoms with Crippen molar-refractivity contribution in [3.05, 3.63) is 33.1 Å². The minimum Gasteiger partial charge on any atom is -0.394 e. The van der Waals surface area contributed by atoms with Gasteiger partial charge in [-0.05, 0) is 9.85 Å². The van der Waals surface area contributed by atoms with Crippen LogP contribution in [0.3, 0.4) is 0 Å². The number of ether oxygens (including phenoxy) is 1. The van der Waals surface area contributed by atoms with Crippen LogP contribution in [-0.2, 0) is 10.5 Å². The highest BCUT2D eigenvalue weighted by Crippen LogP contribution is 2.33. The van der Waals surface area contributed by atoms with Crippen molar-refractivity contribution in [1.82, 2.24) is 9.55 Å². The summed E-state index contributed by atoms with van der Waals surface area (Å²) >= 11 is 1.79. The molecule has 0 amide bonds. The van der Waals surface area contributed by atoms with Gasteiger partial charge in [0.1, 0.15) is 6.10 Å². The van der Waals surface area contributed by atoms with Gasteiger partial charge < -0.3 is 14.9 Å². The number of nitrogens with one attached hydrogen (secondary N) is 1. The van der Waals surface area contributed by atoms with Gasteiger partial charge in [0.15, 0.2) is 0 Å². The largest absolute Gasteiger partial charge is 0.394 e. The van der Waals surface area contributed by atoms with Gasteiger partial charge in [0.25, 0.3) is 5.56 Å². The second-order valence-electron chi connectivity index (χ2n) is 4.09. The molecule has 7 nitrogen and oxygen atoms in total. The molecule has 1 fully saturated rings. The second kappa shape index (κ2) is 5.46. The van der Waals surface area contributed by atoms with Crippen LogP contribution < -0.4 is 11.2 Å². The zero-order chi connectivity index (χ0) is 14.0. The summed E-state index contributed by atoms with van der Waals surface area (Å²) in [5.74, 6) is 2.71. The minimum atomic E-state index is -1.38. The Balaban J connectivity index is 2.55. The summed E-state index contributed by atoms with van der Waals surface area (Å²) in [7, 11) is 0. The van der Waals surface area contributed by atoms with Crippen molar-refractivity contribution in [3.8, 4) is 9.85 Å². The van der Waals surface area contributed by atoms with Crippen LogP contribution in [0.4, 0.5) is 0 Å². The normalized spacial score (nSPS) is 29.8. The van der Waals surface area contributed by atoms with Crippen LogP contribution in [0.1, 0.15) is 6.42 Å². The fraction of sp³-hybridized carbons (Fsp3) is 0.455. The van der Waals surface area contributed by atoms with E-state index in [1.807, 2.05) is 0 Å². The quantitative estimate of drug-likeness (QED) is 0.440. The Morgan fingerprint density at radius 1 is 1.63 bits per heavy atom. The van der Waals surface area contributed by atoms with Gasteiger partial charge in [-0.1, -0.05) is 0 Å². The summed E-state index contributed by atoms with van der Waals surface area (Å²) in [5.41, 5.74) is -2.59. The van der Waals surface area contributed by atoms with Crippen molar-refractivity contribution in [1.29, 1.82) is 0 Å². The smallest absolute Gasteiger partial charge is 0.331 e. The number of hydrogen-bond donors (Lipinski definition) is 3. The number of hydrogen-bond acceptors (Lipinski definition) is 5. The van der Waals surface area contributed by atoms with Gasteiger partial charge in [-0.2, -0.15) is 0 Å². The number of aliphatic hydroxyl groups excluding tert-OH is 2. The monoisotopic (exact) mass is 378 g/mol. The molecular formula is C11H11IN2O5. The molecule has 1 aliphatic heterocycles. The predicted octanol–water partition coefficient (Wildman–Crippen LogP) is -1.27. The molecule has 19 heavy (non-hydrogen) atoms. The summed E-state index contributed by atoms with van der Waals surface area (Å²) in [4.78, 5) is 25.0. The third-order valence-corrected chi connectivity index (χ3v) is 3.17. The van der Waals surface area contributed by atoms with E-state index in [1.54, 1.807) is 22.6 Å². The SMILES string of the molecule is O=c1ccn([C@@]2(C#CI)C[C@H](O)[C@@H](CO)O2)c(=O)[nH]1. The Hall–Kier alpha value is -1.15. The topological polar surface area (TPSA) is 105 Å². The highest BCUT2D eigenvalue weighted by Gasteiger charge is 2.47. The zero-order valence-electron chi connectivity index (χ0n) is 9.67. The maximum absolute atomic E-state index is 11.8. The molecule has 3 atom stereocenters. The Morgan fingerprint density at radius 2 is 2.37 bits per heavy atom. The molecule has 0 spiro atoms. The first-order valence-electron chi connectivity index (χ1n) is 5.44. The van der Waals surface area contributed by atoms with E-state index in [1.165, 1.54) is 12.3 Å². The van der Waals surface area contributed by atoms with Gasteiger partial charge in [0.2, 0.25) is 5.72 Å². The summed E-state index contributed by atoms with van der Waals surface area (Å²) in [5, 5.41) is 18.9. The van der Waals surface area contributed by atoms with Crippen molar-refractivity contribution >= 4 is 22.6 Å². The van der Waals surface area contributed by atoms with Gasteiger partial charge in [0, 0.05) is 41.3 Å². The van der Waals surface area contributed by atoms with E-state index in [-0.39, 0.29) is 13.0 Å². The number of halogens is 1. The molecule has 0 saturated carbocycles. The highest BCUT2D eigenvalue weighted by atomic mass is 127. The average molecular weight is 378 g/mol. The van der Waals surface area contributed by atoms with Crippen LogP contribution in [0.5, 0.6) is 0 Å². The van der Waals surface area contributed by atoms with E-state index >= 15 is 0 Å². The van der Waals surface area contributed by atoms with E-state index < -0.39 is 29.2 Å². The van der Waals surface area contributed by atoms with E-state index in [2.05, 4.69) is 14.8 Å². The fourth-order valence-electron chi connectivity index (χ4n) is 2.02. The number of aromatic nitrogens is 2. The average Bonchev–Trinajstić information content (AvgIpc) is 2.66. The molecule has 8 heteroatoms. The summed E-state index contributed by atoms with van der Waals surface area (Å²) in [6.45, 7) is -0.385. The van der Waals surface area contributed by atoms with E-state index in [0.717, 1.165) is 4.57 Å². The predicted molar refractivity (Wildman–Crippen MR) is 73.7 cm³/mol. The van der Waals surface area contributed by atoms with Crippen LogP contribution in [0.25, 0.3) is 0 Å². The van der Waals surface area contributed by atoms with Crippen molar-refractivity contribution in [3.63, 3.8) is 0 Å². The molecule has 1 aliphatic rings. The van der Waals surface area contributed by atoms with Gasteiger partial charge in [-0.15, -0.1) is 0 Å². The first-order chi connectivity index (χ1) is 9.02. The lowest BCUT2D eigenvalue weighted by molar-refractivity contribution is -0.0836. The lowest BCUT2D eigenvalue weighted by Crippen LogP contribution is -2.43. The summed E-state index contributed by atoms with van der Waals surface area (Å²) in [6, 6.07) is 1.17. The Labute approximate surface area is 121 Å². The molecule has 1 aromatic heterocycles. The van der Waals surface area contributed by atoms with Crippen molar-refractivity contribution in [2.24, 2.45) is 0 Å². The maximum atomic E-state index is 11.8. The third kappa shape index (κ3) is 2.59.